The highest BCUT2D eigenvalue weighted by Gasteiger charge is 2.30. The van der Waals surface area contributed by atoms with E-state index in [-0.39, 0.29) is 17.7 Å². The Balaban J connectivity index is 1.60. The number of ether oxygens (including phenoxy) is 2. The third kappa shape index (κ3) is 6.97. The number of benzene rings is 3. The van der Waals surface area contributed by atoms with Gasteiger partial charge in [-0.3, -0.25) is 9.59 Å². The molecule has 1 aliphatic heterocycles. The Morgan fingerprint density at radius 1 is 0.950 bits per heavy atom. The molecule has 0 radical (unpaired) electrons. The van der Waals surface area contributed by atoms with E-state index in [9.17, 15) is 14.4 Å². The van der Waals surface area contributed by atoms with Crippen molar-refractivity contribution in [2.75, 3.05) is 32.2 Å². The van der Waals surface area contributed by atoms with Crippen molar-refractivity contribution >= 4 is 29.5 Å². The minimum atomic E-state index is -0.442. The summed E-state index contributed by atoms with van der Waals surface area (Å²) in [5, 5.41) is 0. The summed E-state index contributed by atoms with van der Waals surface area (Å²) in [5.74, 6) is 0.314. The summed E-state index contributed by atoms with van der Waals surface area (Å²) in [7, 11) is 3.00. The van der Waals surface area contributed by atoms with Gasteiger partial charge in [-0.1, -0.05) is 42.5 Å². The smallest absolute Gasteiger partial charge is 0.330 e. The summed E-state index contributed by atoms with van der Waals surface area (Å²) in [4.78, 5) is 40.9. The van der Waals surface area contributed by atoms with E-state index in [4.69, 9.17) is 9.47 Å². The fourth-order valence-corrected chi connectivity index (χ4v) is 5.03. The van der Waals surface area contributed by atoms with Gasteiger partial charge in [0.05, 0.1) is 20.8 Å². The molecule has 1 saturated heterocycles. The molecule has 0 spiro atoms. The quantitative estimate of drug-likeness (QED) is 0.273. The van der Waals surface area contributed by atoms with Gasteiger partial charge >= 0.3 is 5.97 Å². The van der Waals surface area contributed by atoms with Crippen LogP contribution in [0.25, 0.3) is 17.2 Å². The summed E-state index contributed by atoms with van der Waals surface area (Å²) in [6.45, 7) is 5.15. The number of aryl methyl sites for hydroxylation is 1. The van der Waals surface area contributed by atoms with E-state index < -0.39 is 5.97 Å². The average molecular weight is 541 g/mol. The molecular formula is C33H36N2O5. The normalized spacial score (nSPS) is 13.8. The zero-order valence-electron chi connectivity index (χ0n) is 23.6. The summed E-state index contributed by atoms with van der Waals surface area (Å²) in [6.07, 6.45) is 4.30. The van der Waals surface area contributed by atoms with E-state index >= 15 is 0 Å². The molecule has 2 amide bonds. The number of likely N-dealkylation sites (tertiary alicyclic amines) is 1. The topological polar surface area (TPSA) is 76.2 Å². The molecule has 208 valence electrons. The highest BCUT2D eigenvalue weighted by Crippen LogP contribution is 2.29. The molecule has 1 heterocycles. The third-order valence-corrected chi connectivity index (χ3v) is 7.37. The minimum absolute atomic E-state index is 0.0344. The van der Waals surface area contributed by atoms with Crippen molar-refractivity contribution in [3.05, 3.63) is 89.5 Å². The highest BCUT2D eigenvalue weighted by molar-refractivity contribution is 5.95. The summed E-state index contributed by atoms with van der Waals surface area (Å²) >= 11 is 0. The number of carbonyl (C=O) groups excluding carboxylic acids is 3. The molecule has 0 saturated carbocycles. The molecule has 0 aromatic heterocycles. The van der Waals surface area contributed by atoms with Crippen molar-refractivity contribution in [3.63, 3.8) is 0 Å². The molecule has 40 heavy (non-hydrogen) atoms. The van der Waals surface area contributed by atoms with Crippen LogP contribution in [0, 0.1) is 12.8 Å². The van der Waals surface area contributed by atoms with Crippen LogP contribution in [0.1, 0.15) is 36.5 Å². The Labute approximate surface area is 236 Å². The number of esters is 1. The van der Waals surface area contributed by atoms with Crippen molar-refractivity contribution in [1.29, 1.82) is 0 Å². The molecule has 7 heteroatoms. The lowest BCUT2D eigenvalue weighted by molar-refractivity contribution is -0.134. The van der Waals surface area contributed by atoms with E-state index in [1.807, 2.05) is 48.2 Å². The monoisotopic (exact) mass is 540 g/mol. The van der Waals surface area contributed by atoms with Gasteiger partial charge in [-0.05, 0) is 77.9 Å². The van der Waals surface area contributed by atoms with Crippen molar-refractivity contribution in [2.45, 2.75) is 33.2 Å². The van der Waals surface area contributed by atoms with Gasteiger partial charge in [-0.2, -0.15) is 0 Å². The molecule has 1 fully saturated rings. The van der Waals surface area contributed by atoms with Gasteiger partial charge in [-0.15, -0.1) is 0 Å². The number of carbonyl (C=O) groups is 3. The van der Waals surface area contributed by atoms with Crippen LogP contribution < -0.4 is 9.64 Å². The molecule has 3 aromatic rings. The third-order valence-electron chi connectivity index (χ3n) is 7.37. The van der Waals surface area contributed by atoms with E-state index in [1.54, 1.807) is 25.0 Å². The number of hydrogen-bond donors (Lipinski definition) is 0. The van der Waals surface area contributed by atoms with Crippen LogP contribution in [-0.4, -0.2) is 50.0 Å². The number of anilines is 1. The number of rotatable bonds is 8. The lowest BCUT2D eigenvalue weighted by atomic mass is 9.94. The van der Waals surface area contributed by atoms with Crippen molar-refractivity contribution in [2.24, 2.45) is 5.92 Å². The van der Waals surface area contributed by atoms with Gasteiger partial charge < -0.3 is 19.3 Å². The van der Waals surface area contributed by atoms with E-state index in [1.165, 1.54) is 13.2 Å². The van der Waals surface area contributed by atoms with Gasteiger partial charge in [0.25, 0.3) is 0 Å². The molecule has 0 N–H and O–H groups in total. The fraction of sp³-hybridized carbons (Fsp3) is 0.303. The summed E-state index contributed by atoms with van der Waals surface area (Å²) < 4.78 is 10.1. The maximum absolute atomic E-state index is 13.9. The number of methoxy groups -OCH3 is 2. The number of amides is 2. The lowest BCUT2D eigenvalue weighted by Crippen LogP contribution is -2.43. The molecule has 4 rings (SSSR count). The summed E-state index contributed by atoms with van der Waals surface area (Å²) in [6, 6.07) is 21.9. The maximum atomic E-state index is 13.9. The maximum Gasteiger partial charge on any atom is 0.330 e. The van der Waals surface area contributed by atoms with E-state index in [0.29, 0.717) is 32.5 Å². The van der Waals surface area contributed by atoms with Crippen molar-refractivity contribution < 1.29 is 23.9 Å². The molecule has 7 nitrogen and oxygen atoms in total. The first kappa shape index (κ1) is 28.6. The molecular weight excluding hydrogens is 504 g/mol. The number of piperidine rings is 1. The van der Waals surface area contributed by atoms with Crippen LogP contribution >= 0.6 is 0 Å². The zero-order chi connectivity index (χ0) is 28.6. The Morgan fingerprint density at radius 3 is 2.27 bits per heavy atom. The number of nitrogens with zero attached hydrogens (tertiary/aromatic N) is 2. The molecule has 3 aromatic carbocycles. The molecule has 0 unspecified atom stereocenters. The fourth-order valence-electron chi connectivity index (χ4n) is 5.03. The minimum Gasteiger partial charge on any atom is -0.496 e. The predicted octanol–water partition coefficient (Wildman–Crippen LogP) is 5.65. The lowest BCUT2D eigenvalue weighted by Gasteiger charge is -2.34. The van der Waals surface area contributed by atoms with E-state index in [0.717, 1.165) is 39.3 Å². The predicted molar refractivity (Wildman–Crippen MR) is 157 cm³/mol. The molecule has 0 atom stereocenters. The Hall–Kier alpha value is -4.39. The number of hydrogen-bond acceptors (Lipinski definition) is 5. The van der Waals surface area contributed by atoms with Crippen LogP contribution in [0.2, 0.25) is 0 Å². The average Bonchev–Trinajstić information content (AvgIpc) is 2.98. The Bertz CT molecular complexity index is 1390. The van der Waals surface area contributed by atoms with Crippen LogP contribution in [0.3, 0.4) is 0 Å². The Kier molecular flexibility index (Phi) is 9.38. The second-order valence-corrected chi connectivity index (χ2v) is 10.0. The van der Waals surface area contributed by atoms with Crippen LogP contribution in [0.5, 0.6) is 5.75 Å². The Morgan fingerprint density at radius 2 is 1.65 bits per heavy atom. The SMILES string of the molecule is COC(=O)/C=C/c1cccc(N(Cc2ccc(-c3ccc(OC)c(C)c3)cc2)C(=O)C2CCN(C(C)=O)CC2)c1. The van der Waals surface area contributed by atoms with Crippen LogP contribution in [-0.2, 0) is 25.7 Å². The largest absolute Gasteiger partial charge is 0.496 e. The second-order valence-electron chi connectivity index (χ2n) is 10.0. The molecule has 0 aliphatic carbocycles. The zero-order valence-corrected chi connectivity index (χ0v) is 23.6. The van der Waals surface area contributed by atoms with Crippen molar-refractivity contribution in [3.8, 4) is 16.9 Å². The first-order valence-corrected chi connectivity index (χ1v) is 13.5. The molecule has 0 bridgehead atoms. The van der Waals surface area contributed by atoms with Crippen LogP contribution in [0.15, 0.2) is 72.8 Å². The van der Waals surface area contributed by atoms with Crippen molar-refractivity contribution in [1.82, 2.24) is 4.90 Å². The second kappa shape index (κ2) is 13.1. The first-order valence-electron chi connectivity index (χ1n) is 13.5. The van der Waals surface area contributed by atoms with Crippen LogP contribution in [0.4, 0.5) is 5.69 Å². The first-order chi connectivity index (χ1) is 19.3. The standard InChI is InChI=1S/C33H36N2O5/c1-23-20-29(13-14-31(23)39-3)27-11-8-26(9-12-27)22-35(33(38)28-16-18-34(19-17-28)24(2)36)30-7-5-6-25(21-30)10-15-32(37)40-4/h5-15,20-21,28H,16-19,22H2,1-4H3/b15-10+. The van der Waals surface area contributed by atoms with Gasteiger partial charge in [0.1, 0.15) is 5.75 Å². The van der Waals surface area contributed by atoms with Gasteiger partial charge in [0.2, 0.25) is 11.8 Å². The van der Waals surface area contributed by atoms with Gasteiger partial charge in [0, 0.05) is 37.7 Å². The highest BCUT2D eigenvalue weighted by atomic mass is 16.5. The molecule has 1 aliphatic rings. The van der Waals surface area contributed by atoms with Gasteiger partial charge in [-0.25, -0.2) is 4.79 Å². The van der Waals surface area contributed by atoms with E-state index in [2.05, 4.69) is 30.3 Å². The van der Waals surface area contributed by atoms with Gasteiger partial charge in [0.15, 0.2) is 0 Å². The summed E-state index contributed by atoms with van der Waals surface area (Å²) in [5.41, 5.74) is 5.79.